The summed E-state index contributed by atoms with van der Waals surface area (Å²) < 4.78 is 40.5. The van der Waals surface area contributed by atoms with Gasteiger partial charge in [0.1, 0.15) is 11.2 Å². The molecule has 1 aliphatic heterocycles. The van der Waals surface area contributed by atoms with Crippen LogP contribution in [0.4, 0.5) is 13.2 Å². The quantitative estimate of drug-likeness (QED) is 0.615. The average Bonchev–Trinajstić information content (AvgIpc) is 3.27. The van der Waals surface area contributed by atoms with Crippen LogP contribution in [0.15, 0.2) is 55.3 Å². The van der Waals surface area contributed by atoms with Crippen LogP contribution in [-0.4, -0.2) is 38.7 Å². The third-order valence-electron chi connectivity index (χ3n) is 5.32. The normalized spacial score (nSPS) is 19.7. The second-order valence-corrected chi connectivity index (χ2v) is 7.23. The number of carbonyl (C=O) groups excluding carboxylic acids is 1. The molecule has 1 aliphatic rings. The molecule has 0 N–H and O–H groups in total. The van der Waals surface area contributed by atoms with Crippen LogP contribution in [0.5, 0.6) is 0 Å². The summed E-state index contributed by atoms with van der Waals surface area (Å²) in [6, 6.07) is 8.53. The summed E-state index contributed by atoms with van der Waals surface area (Å²) in [5, 5.41) is 4.71. The summed E-state index contributed by atoms with van der Waals surface area (Å²) >= 11 is 0. The molecule has 2 unspecified atom stereocenters. The van der Waals surface area contributed by atoms with Crippen molar-refractivity contribution in [1.29, 1.82) is 0 Å². The van der Waals surface area contributed by atoms with E-state index in [1.165, 1.54) is 18.2 Å². The Hall–Kier alpha value is -3.16. The molecule has 4 rings (SSSR count). The fourth-order valence-corrected chi connectivity index (χ4v) is 3.81. The predicted octanol–water partition coefficient (Wildman–Crippen LogP) is 4.32. The molecule has 0 saturated carbocycles. The monoisotopic (exact) mass is 400 g/mol. The van der Waals surface area contributed by atoms with Crippen molar-refractivity contribution >= 4 is 16.9 Å². The number of benzene rings is 1. The molecule has 1 saturated heterocycles. The molecule has 0 bridgehead atoms. The van der Waals surface area contributed by atoms with Crippen molar-refractivity contribution < 1.29 is 18.0 Å². The van der Waals surface area contributed by atoms with E-state index in [0.717, 1.165) is 17.6 Å². The number of halogens is 3. The van der Waals surface area contributed by atoms with Gasteiger partial charge in [-0.3, -0.25) is 14.5 Å². The minimum atomic E-state index is -4.39. The summed E-state index contributed by atoms with van der Waals surface area (Å²) in [6.07, 6.45) is -1.46. The Bertz CT molecular complexity index is 1070. The molecule has 1 fully saturated rings. The fourth-order valence-electron chi connectivity index (χ4n) is 3.81. The fraction of sp³-hybridized carbons (Fsp3) is 0.286. The standard InChI is InChI=1S/C21H19F3N4O/c1-3-18(29)27-11-13(2)17(12-27)28-16-5-4-10-25-20(16)19(26-28)14-6-8-15(9-7-14)21(22,23)24/h3-10,13,17H,1,11-12H2,2H3. The zero-order valence-corrected chi connectivity index (χ0v) is 15.7. The molecule has 3 heterocycles. The Kier molecular flexibility index (Phi) is 4.64. The Morgan fingerprint density at radius 1 is 1.21 bits per heavy atom. The maximum Gasteiger partial charge on any atom is 0.416 e. The first kappa shape index (κ1) is 19.2. The number of rotatable bonds is 3. The zero-order chi connectivity index (χ0) is 20.8. The van der Waals surface area contributed by atoms with Gasteiger partial charge >= 0.3 is 6.18 Å². The number of nitrogens with zero attached hydrogens (tertiary/aromatic N) is 4. The maximum atomic E-state index is 12.9. The van der Waals surface area contributed by atoms with Crippen LogP contribution in [0, 0.1) is 5.92 Å². The molecule has 3 aromatic rings. The Labute approximate surface area is 165 Å². The lowest BCUT2D eigenvalue weighted by atomic mass is 10.1. The molecule has 5 nitrogen and oxygen atoms in total. The number of carbonyl (C=O) groups is 1. The van der Waals surface area contributed by atoms with Crippen molar-refractivity contribution in [3.63, 3.8) is 0 Å². The van der Waals surface area contributed by atoms with Crippen molar-refractivity contribution in [2.75, 3.05) is 13.1 Å². The minimum Gasteiger partial charge on any atom is -0.337 e. The molecular weight excluding hydrogens is 381 g/mol. The highest BCUT2D eigenvalue weighted by Gasteiger charge is 2.35. The van der Waals surface area contributed by atoms with E-state index in [2.05, 4.69) is 11.6 Å². The molecular formula is C21H19F3N4O. The third kappa shape index (κ3) is 3.39. The van der Waals surface area contributed by atoms with E-state index in [9.17, 15) is 18.0 Å². The molecule has 8 heteroatoms. The van der Waals surface area contributed by atoms with Crippen molar-refractivity contribution in [3.8, 4) is 11.3 Å². The highest BCUT2D eigenvalue weighted by molar-refractivity contribution is 5.90. The summed E-state index contributed by atoms with van der Waals surface area (Å²) in [5.74, 6) is 0.0274. The van der Waals surface area contributed by atoms with E-state index < -0.39 is 11.7 Å². The highest BCUT2D eigenvalue weighted by atomic mass is 19.4. The molecule has 2 atom stereocenters. The topological polar surface area (TPSA) is 51.0 Å². The van der Waals surface area contributed by atoms with Crippen LogP contribution in [0.25, 0.3) is 22.3 Å². The van der Waals surface area contributed by atoms with Crippen LogP contribution >= 0.6 is 0 Å². The Balaban J connectivity index is 1.77. The van der Waals surface area contributed by atoms with Gasteiger partial charge in [0.25, 0.3) is 0 Å². The number of pyridine rings is 1. The van der Waals surface area contributed by atoms with Crippen LogP contribution in [0.1, 0.15) is 18.5 Å². The summed E-state index contributed by atoms with van der Waals surface area (Å²) in [4.78, 5) is 18.2. The third-order valence-corrected chi connectivity index (χ3v) is 5.32. The van der Waals surface area contributed by atoms with Crippen molar-refractivity contribution in [3.05, 3.63) is 60.8 Å². The number of alkyl halides is 3. The van der Waals surface area contributed by atoms with E-state index in [4.69, 9.17) is 5.10 Å². The Morgan fingerprint density at radius 2 is 1.93 bits per heavy atom. The molecule has 29 heavy (non-hydrogen) atoms. The van der Waals surface area contributed by atoms with E-state index in [0.29, 0.717) is 29.9 Å². The van der Waals surface area contributed by atoms with Gasteiger partial charge in [-0.25, -0.2) is 0 Å². The van der Waals surface area contributed by atoms with Gasteiger partial charge in [-0.1, -0.05) is 25.6 Å². The van der Waals surface area contributed by atoms with Gasteiger partial charge in [0.05, 0.1) is 17.1 Å². The number of amides is 1. The van der Waals surface area contributed by atoms with E-state index in [1.807, 2.05) is 17.7 Å². The number of hydrogen-bond acceptors (Lipinski definition) is 3. The summed E-state index contributed by atoms with van der Waals surface area (Å²) in [6.45, 7) is 6.67. The number of aromatic nitrogens is 3. The van der Waals surface area contributed by atoms with Gasteiger partial charge < -0.3 is 4.90 Å². The molecule has 1 aromatic carbocycles. The highest BCUT2D eigenvalue weighted by Crippen LogP contribution is 2.35. The lowest BCUT2D eigenvalue weighted by molar-refractivity contribution is -0.137. The first-order valence-corrected chi connectivity index (χ1v) is 9.22. The second-order valence-electron chi connectivity index (χ2n) is 7.23. The van der Waals surface area contributed by atoms with Crippen LogP contribution < -0.4 is 0 Å². The van der Waals surface area contributed by atoms with Crippen LogP contribution in [0.2, 0.25) is 0 Å². The lowest BCUT2D eigenvalue weighted by Gasteiger charge is -2.16. The SMILES string of the molecule is C=CC(=O)N1CC(C)C(n2nc(-c3ccc(C(F)(F)F)cc3)c3ncccc32)C1. The largest absolute Gasteiger partial charge is 0.416 e. The molecule has 2 aromatic heterocycles. The van der Waals surface area contributed by atoms with Gasteiger partial charge in [-0.2, -0.15) is 18.3 Å². The molecule has 0 aliphatic carbocycles. The van der Waals surface area contributed by atoms with E-state index in [1.54, 1.807) is 17.2 Å². The van der Waals surface area contributed by atoms with Crippen molar-refractivity contribution in [2.45, 2.75) is 19.1 Å². The zero-order valence-electron chi connectivity index (χ0n) is 15.7. The smallest absolute Gasteiger partial charge is 0.337 e. The van der Waals surface area contributed by atoms with Crippen LogP contribution in [-0.2, 0) is 11.0 Å². The molecule has 0 radical (unpaired) electrons. The van der Waals surface area contributed by atoms with Crippen LogP contribution in [0.3, 0.4) is 0 Å². The summed E-state index contributed by atoms with van der Waals surface area (Å²) in [5.41, 5.74) is 1.78. The molecule has 1 amide bonds. The minimum absolute atomic E-state index is 0.0613. The summed E-state index contributed by atoms with van der Waals surface area (Å²) in [7, 11) is 0. The van der Waals surface area contributed by atoms with Gasteiger partial charge in [0.15, 0.2) is 0 Å². The first-order chi connectivity index (χ1) is 13.8. The van der Waals surface area contributed by atoms with Crippen molar-refractivity contribution in [1.82, 2.24) is 19.7 Å². The number of fused-ring (bicyclic) bond motifs is 1. The van der Waals surface area contributed by atoms with Gasteiger partial charge in [0, 0.05) is 24.8 Å². The van der Waals surface area contributed by atoms with E-state index in [-0.39, 0.29) is 17.9 Å². The number of likely N-dealkylation sites (tertiary alicyclic amines) is 1. The average molecular weight is 400 g/mol. The predicted molar refractivity (Wildman–Crippen MR) is 103 cm³/mol. The van der Waals surface area contributed by atoms with Crippen molar-refractivity contribution in [2.24, 2.45) is 5.92 Å². The first-order valence-electron chi connectivity index (χ1n) is 9.22. The Morgan fingerprint density at radius 3 is 2.59 bits per heavy atom. The second kappa shape index (κ2) is 7.02. The molecule has 150 valence electrons. The van der Waals surface area contributed by atoms with E-state index >= 15 is 0 Å². The number of hydrogen-bond donors (Lipinski definition) is 0. The maximum absolute atomic E-state index is 12.9. The lowest BCUT2D eigenvalue weighted by Crippen LogP contribution is -2.27. The molecule has 0 spiro atoms. The van der Waals surface area contributed by atoms with Gasteiger partial charge in [0.2, 0.25) is 5.91 Å². The van der Waals surface area contributed by atoms with Gasteiger partial charge in [-0.15, -0.1) is 0 Å². The van der Waals surface area contributed by atoms with Gasteiger partial charge in [-0.05, 0) is 36.3 Å².